The highest BCUT2D eigenvalue weighted by atomic mass is 19.3. The Morgan fingerprint density at radius 3 is 2.69 bits per heavy atom. The van der Waals surface area contributed by atoms with Gasteiger partial charge in [0.1, 0.15) is 18.1 Å². The molecule has 8 nitrogen and oxygen atoms in total. The molecule has 1 aromatic carbocycles. The Labute approximate surface area is 207 Å². The molecule has 2 saturated heterocycles. The Morgan fingerprint density at radius 1 is 1.25 bits per heavy atom. The molecule has 3 aromatic rings. The fraction of sp³-hybridized carbons (Fsp3) is 0.480. The van der Waals surface area contributed by atoms with Gasteiger partial charge in [0, 0.05) is 24.6 Å². The van der Waals surface area contributed by atoms with Crippen molar-refractivity contribution in [1.29, 1.82) is 0 Å². The zero-order valence-corrected chi connectivity index (χ0v) is 20.2. The lowest BCUT2D eigenvalue weighted by molar-refractivity contribution is -0.0722. The van der Waals surface area contributed by atoms with Crippen LogP contribution < -0.4 is 16.0 Å². The topological polar surface area (TPSA) is 98.4 Å². The van der Waals surface area contributed by atoms with E-state index < -0.39 is 30.0 Å². The van der Waals surface area contributed by atoms with E-state index in [2.05, 4.69) is 30.1 Å². The van der Waals surface area contributed by atoms with Gasteiger partial charge in [-0.25, -0.2) is 4.39 Å². The van der Waals surface area contributed by atoms with Crippen LogP contribution in [0.2, 0.25) is 0 Å². The van der Waals surface area contributed by atoms with Gasteiger partial charge in [-0.05, 0) is 31.9 Å². The average molecular weight is 503 g/mol. The van der Waals surface area contributed by atoms with Crippen LogP contribution in [0.5, 0.6) is 0 Å². The van der Waals surface area contributed by atoms with Gasteiger partial charge in [0.05, 0.1) is 54.3 Å². The van der Waals surface area contributed by atoms with E-state index in [9.17, 15) is 8.78 Å². The normalized spacial score (nSPS) is 20.7. The maximum atomic E-state index is 15.2. The summed E-state index contributed by atoms with van der Waals surface area (Å²) in [6.45, 7) is 2.26. The Kier molecular flexibility index (Phi) is 6.71. The Morgan fingerprint density at radius 2 is 2.00 bits per heavy atom. The van der Waals surface area contributed by atoms with Gasteiger partial charge < -0.3 is 25.4 Å². The summed E-state index contributed by atoms with van der Waals surface area (Å²) in [4.78, 5) is 7.00. The van der Waals surface area contributed by atoms with Crippen LogP contribution in [-0.2, 0) is 21.9 Å². The van der Waals surface area contributed by atoms with E-state index in [4.69, 9.17) is 10.5 Å². The lowest BCUT2D eigenvalue weighted by Crippen LogP contribution is -2.46. The molecule has 0 amide bonds. The Balaban J connectivity index is 1.51. The van der Waals surface area contributed by atoms with Gasteiger partial charge >= 0.3 is 0 Å². The van der Waals surface area contributed by atoms with Gasteiger partial charge in [-0.2, -0.15) is 8.78 Å². The van der Waals surface area contributed by atoms with Gasteiger partial charge in [0.15, 0.2) is 5.82 Å². The summed E-state index contributed by atoms with van der Waals surface area (Å²) in [5, 5.41) is 12.3. The third kappa shape index (κ3) is 4.35. The van der Waals surface area contributed by atoms with Gasteiger partial charge in [-0.1, -0.05) is 12.1 Å². The Hall–Kier alpha value is -3.02. The number of anilines is 2. The molecule has 2 aliphatic heterocycles. The minimum atomic E-state index is -3.46. The number of halogens is 3. The molecule has 192 valence electrons. The van der Waals surface area contributed by atoms with Crippen molar-refractivity contribution in [2.75, 3.05) is 37.1 Å². The number of fused-ring (bicyclic) bond motifs is 3. The number of hydrogen-bond donors (Lipinski definition) is 2. The zero-order chi connectivity index (χ0) is 25.4. The molecular weight excluding hydrogens is 473 g/mol. The first-order valence-corrected chi connectivity index (χ1v) is 12.0. The molecule has 5 rings (SSSR count). The van der Waals surface area contributed by atoms with Crippen LogP contribution in [0.3, 0.4) is 0 Å². The fourth-order valence-corrected chi connectivity index (χ4v) is 5.22. The quantitative estimate of drug-likeness (QED) is 0.479. The first-order chi connectivity index (χ1) is 17.3. The van der Waals surface area contributed by atoms with Crippen molar-refractivity contribution < 1.29 is 22.6 Å². The van der Waals surface area contributed by atoms with E-state index in [0.29, 0.717) is 35.6 Å². The van der Waals surface area contributed by atoms with Crippen molar-refractivity contribution in [3.63, 3.8) is 0 Å². The smallest absolute Gasteiger partial charge is 0.298 e. The van der Waals surface area contributed by atoms with E-state index in [1.165, 1.54) is 12.1 Å². The molecule has 2 bridgehead atoms. The summed E-state index contributed by atoms with van der Waals surface area (Å²) in [6.07, 6.45) is 3.92. The SMILES string of the molecule is COCC(F)(F)c1cccc([C@@H](C)Nc2nnc(CN)c3ncc(N4C5CCC4COC5)cc23)c1F. The highest BCUT2D eigenvalue weighted by molar-refractivity contribution is 5.92. The third-order valence-corrected chi connectivity index (χ3v) is 6.97. The summed E-state index contributed by atoms with van der Waals surface area (Å²) < 4.78 is 54.4. The molecular formula is C25H29F3N6O2. The first kappa shape index (κ1) is 24.7. The van der Waals surface area contributed by atoms with Crippen molar-refractivity contribution in [1.82, 2.24) is 15.2 Å². The predicted octanol–water partition coefficient (Wildman–Crippen LogP) is 3.90. The number of nitrogens with one attached hydrogen (secondary N) is 1. The molecule has 3 N–H and O–H groups in total. The largest absolute Gasteiger partial charge is 0.378 e. The second-order valence-electron chi connectivity index (χ2n) is 9.33. The number of hydrogen-bond acceptors (Lipinski definition) is 8. The lowest BCUT2D eigenvalue weighted by atomic mass is 10.00. The number of nitrogens with zero attached hydrogens (tertiary/aromatic N) is 4. The number of morpholine rings is 1. The molecule has 0 aliphatic carbocycles. The van der Waals surface area contributed by atoms with Crippen LogP contribution in [0, 0.1) is 5.82 Å². The molecule has 0 radical (unpaired) electrons. The minimum Gasteiger partial charge on any atom is -0.378 e. The number of methoxy groups -OCH3 is 1. The van der Waals surface area contributed by atoms with Gasteiger partial charge in [0.25, 0.3) is 5.92 Å². The number of benzene rings is 1. The maximum Gasteiger partial charge on any atom is 0.298 e. The van der Waals surface area contributed by atoms with Crippen LogP contribution in [0.15, 0.2) is 30.5 Å². The number of rotatable bonds is 8. The van der Waals surface area contributed by atoms with Crippen molar-refractivity contribution in [2.24, 2.45) is 5.73 Å². The van der Waals surface area contributed by atoms with Crippen LogP contribution >= 0.6 is 0 Å². The second-order valence-corrected chi connectivity index (χ2v) is 9.33. The molecule has 11 heteroatoms. The third-order valence-electron chi connectivity index (χ3n) is 6.97. The summed E-state index contributed by atoms with van der Waals surface area (Å²) >= 11 is 0. The van der Waals surface area contributed by atoms with Crippen LogP contribution in [0.25, 0.3) is 10.9 Å². The highest BCUT2D eigenvalue weighted by Crippen LogP contribution is 2.37. The van der Waals surface area contributed by atoms with Gasteiger partial charge in [0.2, 0.25) is 0 Å². The number of alkyl halides is 2. The Bertz CT molecular complexity index is 1240. The minimum absolute atomic E-state index is 0.0801. The second kappa shape index (κ2) is 9.79. The van der Waals surface area contributed by atoms with Crippen molar-refractivity contribution in [2.45, 2.75) is 50.4 Å². The van der Waals surface area contributed by atoms with Crippen LogP contribution in [-0.4, -0.2) is 54.2 Å². The van der Waals surface area contributed by atoms with E-state index in [0.717, 1.165) is 31.7 Å². The summed E-state index contributed by atoms with van der Waals surface area (Å²) in [5.74, 6) is -4.07. The van der Waals surface area contributed by atoms with E-state index >= 15 is 4.39 Å². The molecule has 36 heavy (non-hydrogen) atoms. The molecule has 2 unspecified atom stereocenters. The molecule has 2 aromatic heterocycles. The lowest BCUT2D eigenvalue weighted by Gasteiger charge is -2.36. The molecule has 2 aliphatic rings. The van der Waals surface area contributed by atoms with Gasteiger partial charge in [-0.3, -0.25) is 4.98 Å². The van der Waals surface area contributed by atoms with E-state index in [1.54, 1.807) is 6.92 Å². The molecule has 3 atom stereocenters. The van der Waals surface area contributed by atoms with Crippen molar-refractivity contribution >= 4 is 22.4 Å². The fourth-order valence-electron chi connectivity index (χ4n) is 5.22. The molecule has 0 saturated carbocycles. The number of nitrogens with two attached hydrogens (primary N) is 1. The molecule has 0 spiro atoms. The molecule has 2 fully saturated rings. The van der Waals surface area contributed by atoms with Gasteiger partial charge in [-0.15, -0.1) is 10.2 Å². The standard InChI is InChI=1S/C25H29F3N6O2/c1-14(18-4-3-5-20(22(18)26)25(27,28)13-35-2)31-24-19-8-17(10-30-23(19)21(9-29)32-33-24)34-15-6-7-16(34)12-36-11-15/h3-5,8,10,14-16H,6-7,9,11-13,29H2,1-2H3,(H,31,33)/t14-,15?,16?/m1/s1. The number of ether oxygens (including phenoxy) is 2. The monoisotopic (exact) mass is 502 g/mol. The van der Waals surface area contributed by atoms with E-state index in [1.807, 2.05) is 12.3 Å². The van der Waals surface area contributed by atoms with Crippen molar-refractivity contribution in [3.05, 3.63) is 53.1 Å². The summed E-state index contributed by atoms with van der Waals surface area (Å²) in [7, 11) is 1.15. The average Bonchev–Trinajstić information content (AvgIpc) is 3.11. The van der Waals surface area contributed by atoms with E-state index in [-0.39, 0.29) is 24.2 Å². The zero-order valence-electron chi connectivity index (χ0n) is 20.2. The maximum absolute atomic E-state index is 15.2. The first-order valence-electron chi connectivity index (χ1n) is 12.0. The summed E-state index contributed by atoms with van der Waals surface area (Å²) in [5.41, 5.74) is 7.31. The summed E-state index contributed by atoms with van der Waals surface area (Å²) in [6, 6.07) is 5.82. The number of aromatic nitrogens is 3. The highest BCUT2D eigenvalue weighted by Gasteiger charge is 2.38. The number of pyridine rings is 1. The van der Waals surface area contributed by atoms with Crippen LogP contribution in [0.1, 0.15) is 42.6 Å². The van der Waals surface area contributed by atoms with Crippen LogP contribution in [0.4, 0.5) is 24.7 Å². The van der Waals surface area contributed by atoms with Crippen molar-refractivity contribution in [3.8, 4) is 0 Å². The molecule has 4 heterocycles. The predicted molar refractivity (Wildman–Crippen MR) is 130 cm³/mol.